The molecule has 0 aliphatic carbocycles. The van der Waals surface area contributed by atoms with Crippen molar-refractivity contribution in [1.82, 2.24) is 4.90 Å². The van der Waals surface area contributed by atoms with Gasteiger partial charge in [0.05, 0.1) is 20.1 Å². The highest BCUT2D eigenvalue weighted by molar-refractivity contribution is 5.94. The number of aryl methyl sites for hydroxylation is 1. The summed E-state index contributed by atoms with van der Waals surface area (Å²) in [6.45, 7) is 1.40. The minimum absolute atomic E-state index is 0.0505. The van der Waals surface area contributed by atoms with Crippen LogP contribution in [0.25, 0.3) is 0 Å². The van der Waals surface area contributed by atoms with Crippen molar-refractivity contribution >= 4 is 23.5 Å². The van der Waals surface area contributed by atoms with Crippen LogP contribution < -0.4 is 10.1 Å². The van der Waals surface area contributed by atoms with Gasteiger partial charge in [0.15, 0.2) is 6.61 Å². The Morgan fingerprint density at radius 2 is 1.64 bits per heavy atom. The molecule has 148 valence electrons. The highest BCUT2D eigenvalue weighted by Gasteiger charge is 2.15. The van der Waals surface area contributed by atoms with Crippen LogP contribution in [0.15, 0.2) is 48.5 Å². The summed E-state index contributed by atoms with van der Waals surface area (Å²) in [5, 5.41) is 2.71. The number of rotatable bonds is 8. The molecule has 0 fully saturated rings. The second-order valence-corrected chi connectivity index (χ2v) is 6.35. The van der Waals surface area contributed by atoms with Crippen molar-refractivity contribution in [3.8, 4) is 5.75 Å². The van der Waals surface area contributed by atoms with Crippen LogP contribution in [-0.4, -0.2) is 50.0 Å². The molecule has 2 aromatic rings. The van der Waals surface area contributed by atoms with Crippen molar-refractivity contribution in [2.75, 3.05) is 32.6 Å². The maximum Gasteiger partial charge on any atom is 0.310 e. The summed E-state index contributed by atoms with van der Waals surface area (Å²) in [7, 11) is 3.04. The van der Waals surface area contributed by atoms with Crippen LogP contribution in [0, 0.1) is 6.92 Å². The number of nitrogens with one attached hydrogen (secondary N) is 1. The number of methoxy groups -OCH3 is 1. The van der Waals surface area contributed by atoms with Gasteiger partial charge in [0.2, 0.25) is 5.91 Å². The minimum atomic E-state index is -0.518. The number of anilines is 1. The molecule has 7 heteroatoms. The number of esters is 1. The van der Waals surface area contributed by atoms with Gasteiger partial charge in [-0.25, -0.2) is 0 Å². The highest BCUT2D eigenvalue weighted by Crippen LogP contribution is 2.12. The fourth-order valence-corrected chi connectivity index (χ4v) is 2.35. The fourth-order valence-electron chi connectivity index (χ4n) is 2.35. The molecule has 0 unspecified atom stereocenters. The summed E-state index contributed by atoms with van der Waals surface area (Å²) in [6, 6.07) is 14.3. The lowest BCUT2D eigenvalue weighted by Crippen LogP contribution is -2.37. The Hall–Kier alpha value is -3.35. The van der Waals surface area contributed by atoms with Gasteiger partial charge < -0.3 is 19.7 Å². The third kappa shape index (κ3) is 6.75. The SMILES string of the molecule is COc1ccc(CC(=O)OCC(=O)N(C)CC(=O)Nc2ccc(C)cc2)cc1. The summed E-state index contributed by atoms with van der Waals surface area (Å²) in [4.78, 5) is 37.2. The van der Waals surface area contributed by atoms with Crippen molar-refractivity contribution in [3.05, 3.63) is 59.7 Å². The van der Waals surface area contributed by atoms with E-state index in [0.29, 0.717) is 11.4 Å². The molecule has 0 bridgehead atoms. The molecule has 0 atom stereocenters. The molecule has 0 saturated carbocycles. The zero-order valence-electron chi connectivity index (χ0n) is 16.2. The Balaban J connectivity index is 1.74. The zero-order chi connectivity index (χ0) is 20.5. The molecule has 0 radical (unpaired) electrons. The van der Waals surface area contributed by atoms with E-state index in [1.54, 1.807) is 43.5 Å². The van der Waals surface area contributed by atoms with Crippen LogP contribution in [0.2, 0.25) is 0 Å². The Morgan fingerprint density at radius 1 is 1.00 bits per heavy atom. The normalized spacial score (nSPS) is 10.1. The van der Waals surface area contributed by atoms with E-state index < -0.39 is 18.5 Å². The third-order valence-corrected chi connectivity index (χ3v) is 4.01. The smallest absolute Gasteiger partial charge is 0.310 e. The highest BCUT2D eigenvalue weighted by atomic mass is 16.5. The van der Waals surface area contributed by atoms with Crippen LogP contribution >= 0.6 is 0 Å². The summed E-state index contributed by atoms with van der Waals surface area (Å²) in [5.41, 5.74) is 2.49. The second-order valence-electron chi connectivity index (χ2n) is 6.35. The molecule has 7 nitrogen and oxygen atoms in total. The molecule has 2 rings (SSSR count). The van der Waals surface area contributed by atoms with E-state index in [9.17, 15) is 14.4 Å². The molecule has 0 aliphatic rings. The van der Waals surface area contributed by atoms with E-state index in [2.05, 4.69) is 5.32 Å². The molecule has 2 amide bonds. The molecule has 2 aromatic carbocycles. The largest absolute Gasteiger partial charge is 0.497 e. The van der Waals surface area contributed by atoms with Gasteiger partial charge in [0.25, 0.3) is 5.91 Å². The Labute approximate surface area is 164 Å². The predicted molar refractivity (Wildman–Crippen MR) is 105 cm³/mol. The molecule has 0 saturated heterocycles. The quantitative estimate of drug-likeness (QED) is 0.705. The first-order valence-electron chi connectivity index (χ1n) is 8.76. The number of likely N-dealkylation sites (N-methyl/N-ethyl adjacent to an activating group) is 1. The number of hydrogen-bond donors (Lipinski definition) is 1. The lowest BCUT2D eigenvalue weighted by atomic mass is 10.1. The van der Waals surface area contributed by atoms with Crippen LogP contribution in [0.3, 0.4) is 0 Å². The maximum atomic E-state index is 12.1. The van der Waals surface area contributed by atoms with Gasteiger partial charge in [-0.1, -0.05) is 29.8 Å². The first kappa shape index (κ1) is 21.0. The van der Waals surface area contributed by atoms with Crippen molar-refractivity contribution in [3.63, 3.8) is 0 Å². The average Bonchev–Trinajstić information content (AvgIpc) is 2.68. The van der Waals surface area contributed by atoms with Crippen LogP contribution in [0.1, 0.15) is 11.1 Å². The van der Waals surface area contributed by atoms with Crippen LogP contribution in [0.4, 0.5) is 5.69 Å². The van der Waals surface area contributed by atoms with Crippen LogP contribution in [0.5, 0.6) is 5.75 Å². The van der Waals surface area contributed by atoms with Gasteiger partial charge in [0.1, 0.15) is 5.75 Å². The molecule has 28 heavy (non-hydrogen) atoms. The predicted octanol–water partition coefficient (Wildman–Crippen LogP) is 2.19. The van der Waals surface area contributed by atoms with Gasteiger partial charge in [-0.05, 0) is 36.8 Å². The summed E-state index contributed by atoms with van der Waals surface area (Å²) < 4.78 is 10.1. The number of nitrogens with zero attached hydrogens (tertiary/aromatic N) is 1. The standard InChI is InChI=1S/C21H24N2O5/c1-15-4-8-17(9-5-15)22-19(24)13-23(2)20(25)14-28-21(26)12-16-6-10-18(27-3)11-7-16/h4-11H,12-14H2,1-3H3,(H,22,24). The molecule has 0 spiro atoms. The zero-order valence-corrected chi connectivity index (χ0v) is 16.2. The number of hydrogen-bond acceptors (Lipinski definition) is 5. The topological polar surface area (TPSA) is 84.9 Å². The molecule has 0 heterocycles. The van der Waals surface area contributed by atoms with Crippen molar-refractivity contribution in [2.45, 2.75) is 13.3 Å². The summed E-state index contributed by atoms with van der Waals surface area (Å²) in [6.07, 6.45) is 0.0505. The van der Waals surface area contributed by atoms with E-state index in [1.807, 2.05) is 19.1 Å². The first-order valence-corrected chi connectivity index (χ1v) is 8.76. The van der Waals surface area contributed by atoms with E-state index >= 15 is 0 Å². The lowest BCUT2D eigenvalue weighted by molar-refractivity contribution is -0.151. The van der Waals surface area contributed by atoms with Crippen molar-refractivity contribution in [2.24, 2.45) is 0 Å². The maximum absolute atomic E-state index is 12.1. The lowest BCUT2D eigenvalue weighted by Gasteiger charge is -2.17. The van der Waals surface area contributed by atoms with E-state index in [0.717, 1.165) is 11.1 Å². The molecular weight excluding hydrogens is 360 g/mol. The molecular formula is C21H24N2O5. The Morgan fingerprint density at radius 3 is 2.25 bits per heavy atom. The van der Waals surface area contributed by atoms with Gasteiger partial charge in [-0.2, -0.15) is 0 Å². The number of carbonyl (C=O) groups is 3. The summed E-state index contributed by atoms with van der Waals surface area (Å²) in [5.74, 6) is -0.611. The first-order chi connectivity index (χ1) is 13.4. The molecule has 0 aromatic heterocycles. The van der Waals surface area contributed by atoms with Gasteiger partial charge >= 0.3 is 5.97 Å². The van der Waals surface area contributed by atoms with Crippen molar-refractivity contribution in [1.29, 1.82) is 0 Å². The number of amides is 2. The van der Waals surface area contributed by atoms with Gasteiger partial charge in [0, 0.05) is 12.7 Å². The monoisotopic (exact) mass is 384 g/mol. The third-order valence-electron chi connectivity index (χ3n) is 4.01. The minimum Gasteiger partial charge on any atom is -0.497 e. The number of benzene rings is 2. The van der Waals surface area contributed by atoms with E-state index in [1.165, 1.54) is 11.9 Å². The molecule has 0 aliphatic heterocycles. The number of ether oxygens (including phenoxy) is 2. The van der Waals surface area contributed by atoms with E-state index in [-0.39, 0.29) is 18.9 Å². The van der Waals surface area contributed by atoms with Crippen LogP contribution in [-0.2, 0) is 25.5 Å². The second kappa shape index (κ2) is 10.1. The Bertz CT molecular complexity index is 816. The molecule has 1 N–H and O–H groups in total. The average molecular weight is 384 g/mol. The Kier molecular flexibility index (Phi) is 7.56. The van der Waals surface area contributed by atoms with E-state index in [4.69, 9.17) is 9.47 Å². The van der Waals surface area contributed by atoms with Crippen molar-refractivity contribution < 1.29 is 23.9 Å². The van der Waals surface area contributed by atoms with Gasteiger partial charge in [-0.15, -0.1) is 0 Å². The van der Waals surface area contributed by atoms with Gasteiger partial charge in [-0.3, -0.25) is 14.4 Å². The fraction of sp³-hybridized carbons (Fsp3) is 0.286. The summed E-state index contributed by atoms with van der Waals surface area (Å²) >= 11 is 0. The number of carbonyl (C=O) groups excluding carboxylic acids is 3.